The van der Waals surface area contributed by atoms with Gasteiger partial charge >= 0.3 is 6.36 Å². The highest BCUT2D eigenvalue weighted by molar-refractivity contribution is 7.91. The molecule has 0 aliphatic rings. The van der Waals surface area contributed by atoms with Crippen molar-refractivity contribution in [2.45, 2.75) is 36.4 Å². The topological polar surface area (TPSA) is 74.1 Å². The number of nitrogens with zero attached hydrogens (tertiary/aromatic N) is 3. The summed E-state index contributed by atoms with van der Waals surface area (Å²) >= 11 is 0. The number of aromatic nitrogens is 3. The highest BCUT2D eigenvalue weighted by atomic mass is 32.2. The van der Waals surface area contributed by atoms with Gasteiger partial charge in [-0.3, -0.25) is 4.98 Å². The molecule has 0 fully saturated rings. The van der Waals surface area contributed by atoms with Crippen molar-refractivity contribution in [3.05, 3.63) is 72.4 Å². The number of halogens is 3. The SMILES string of the molecule is CCc1ccc(S(=O)(=O)c2cnc3ccc(OC(F)(F)F)cc3c2-n2cnc(C)c2)cc1. The van der Waals surface area contributed by atoms with Crippen LogP contribution in [0.25, 0.3) is 16.6 Å². The maximum Gasteiger partial charge on any atom is 0.573 e. The number of pyridine rings is 1. The van der Waals surface area contributed by atoms with Crippen LogP contribution in [0.4, 0.5) is 13.2 Å². The Kier molecular flexibility index (Phi) is 5.41. The average molecular weight is 461 g/mol. The summed E-state index contributed by atoms with van der Waals surface area (Å²) in [6.07, 6.45) is 0.0587. The first kappa shape index (κ1) is 21.8. The number of ether oxygens (including phenoxy) is 1. The van der Waals surface area contributed by atoms with Crippen LogP contribution >= 0.6 is 0 Å². The minimum Gasteiger partial charge on any atom is -0.406 e. The van der Waals surface area contributed by atoms with E-state index in [2.05, 4.69) is 14.7 Å². The van der Waals surface area contributed by atoms with E-state index in [0.29, 0.717) is 11.2 Å². The Labute approximate surface area is 182 Å². The molecule has 0 bridgehead atoms. The standard InChI is InChI=1S/C22H18F3N3O3S/c1-3-15-4-7-17(8-5-15)32(29,30)20-11-26-19-9-6-16(31-22(23,24)25)10-18(19)21(20)28-12-14(2)27-13-28/h4-13H,3H2,1-2H3. The van der Waals surface area contributed by atoms with E-state index < -0.39 is 21.9 Å². The fraction of sp³-hybridized carbons (Fsp3) is 0.182. The molecule has 4 aromatic rings. The molecule has 0 aliphatic carbocycles. The molecule has 2 aromatic heterocycles. The molecule has 6 nitrogen and oxygen atoms in total. The Morgan fingerprint density at radius 1 is 1.06 bits per heavy atom. The van der Waals surface area contributed by atoms with E-state index in [4.69, 9.17) is 0 Å². The second-order valence-electron chi connectivity index (χ2n) is 7.12. The fourth-order valence-electron chi connectivity index (χ4n) is 3.37. The van der Waals surface area contributed by atoms with Gasteiger partial charge in [-0.25, -0.2) is 13.4 Å². The van der Waals surface area contributed by atoms with Crippen molar-refractivity contribution in [3.8, 4) is 11.4 Å². The van der Waals surface area contributed by atoms with Crippen LogP contribution in [0.15, 0.2) is 71.0 Å². The van der Waals surface area contributed by atoms with Crippen LogP contribution in [0.1, 0.15) is 18.2 Å². The number of sulfone groups is 1. The monoisotopic (exact) mass is 461 g/mol. The fourth-order valence-corrected chi connectivity index (χ4v) is 4.78. The third-order valence-electron chi connectivity index (χ3n) is 4.91. The van der Waals surface area contributed by atoms with Crippen molar-refractivity contribution in [2.75, 3.05) is 0 Å². The van der Waals surface area contributed by atoms with Crippen molar-refractivity contribution in [1.29, 1.82) is 0 Å². The maximum absolute atomic E-state index is 13.5. The van der Waals surface area contributed by atoms with Crippen LogP contribution in [-0.4, -0.2) is 29.3 Å². The van der Waals surface area contributed by atoms with Gasteiger partial charge in [-0.05, 0) is 49.2 Å². The molecule has 0 amide bonds. The lowest BCUT2D eigenvalue weighted by molar-refractivity contribution is -0.274. The maximum atomic E-state index is 13.5. The lowest BCUT2D eigenvalue weighted by Crippen LogP contribution is -2.17. The van der Waals surface area contributed by atoms with Gasteiger partial charge in [0.25, 0.3) is 0 Å². The first-order valence-electron chi connectivity index (χ1n) is 9.62. The molecule has 0 radical (unpaired) electrons. The Balaban J connectivity index is 1.99. The average Bonchev–Trinajstić information content (AvgIpc) is 3.17. The van der Waals surface area contributed by atoms with Crippen LogP contribution in [0.3, 0.4) is 0 Å². The molecule has 4 rings (SSSR count). The molecule has 0 aliphatic heterocycles. The van der Waals surface area contributed by atoms with Gasteiger partial charge < -0.3 is 9.30 Å². The molecule has 32 heavy (non-hydrogen) atoms. The lowest BCUT2D eigenvalue weighted by Gasteiger charge is -2.15. The highest BCUT2D eigenvalue weighted by Gasteiger charge is 2.32. The minimum absolute atomic E-state index is 0.0524. The normalized spacial score (nSPS) is 12.3. The molecular formula is C22H18F3N3O3S. The molecule has 0 unspecified atom stereocenters. The quantitative estimate of drug-likeness (QED) is 0.417. The predicted octanol–water partition coefficient (Wildman–Crippen LogP) is 5.02. The summed E-state index contributed by atoms with van der Waals surface area (Å²) in [6, 6.07) is 10.0. The van der Waals surface area contributed by atoms with Crippen molar-refractivity contribution >= 4 is 20.7 Å². The van der Waals surface area contributed by atoms with Crippen LogP contribution in [0, 0.1) is 6.92 Å². The summed E-state index contributed by atoms with van der Waals surface area (Å²) in [4.78, 5) is 8.22. The summed E-state index contributed by atoms with van der Waals surface area (Å²) in [6.45, 7) is 3.67. The lowest BCUT2D eigenvalue weighted by atomic mass is 10.1. The molecule has 2 aromatic carbocycles. The van der Waals surface area contributed by atoms with Crippen molar-refractivity contribution in [2.24, 2.45) is 0 Å². The second-order valence-corrected chi connectivity index (χ2v) is 9.04. The molecule has 0 saturated carbocycles. The van der Waals surface area contributed by atoms with Gasteiger partial charge in [0.1, 0.15) is 10.6 Å². The third-order valence-corrected chi connectivity index (χ3v) is 6.68. The van der Waals surface area contributed by atoms with E-state index in [0.717, 1.165) is 24.1 Å². The number of imidazole rings is 1. The van der Waals surface area contributed by atoms with E-state index in [1.165, 1.54) is 35.3 Å². The number of alkyl halides is 3. The van der Waals surface area contributed by atoms with Gasteiger partial charge in [0.05, 0.1) is 28.1 Å². The summed E-state index contributed by atoms with van der Waals surface area (Å²) in [7, 11) is -4.05. The van der Waals surface area contributed by atoms with Crippen LogP contribution < -0.4 is 4.74 Å². The van der Waals surface area contributed by atoms with E-state index in [1.54, 1.807) is 25.3 Å². The van der Waals surface area contributed by atoms with Gasteiger partial charge in [0.2, 0.25) is 9.84 Å². The summed E-state index contributed by atoms with van der Waals surface area (Å²) in [5.41, 5.74) is 2.03. The van der Waals surface area contributed by atoms with Crippen LogP contribution in [0.5, 0.6) is 5.75 Å². The van der Waals surface area contributed by atoms with Gasteiger partial charge in [0, 0.05) is 17.8 Å². The number of benzene rings is 2. The number of hydrogen-bond acceptors (Lipinski definition) is 5. The highest BCUT2D eigenvalue weighted by Crippen LogP contribution is 2.35. The van der Waals surface area contributed by atoms with E-state index in [-0.39, 0.29) is 20.9 Å². The number of fused-ring (bicyclic) bond motifs is 1. The van der Waals surface area contributed by atoms with Gasteiger partial charge in [-0.1, -0.05) is 19.1 Å². The molecule has 166 valence electrons. The number of aryl methyl sites for hydroxylation is 2. The summed E-state index contributed by atoms with van der Waals surface area (Å²) in [5, 5.41) is 0.176. The molecule has 0 atom stereocenters. The summed E-state index contributed by atoms with van der Waals surface area (Å²) < 4.78 is 70.8. The minimum atomic E-state index is -4.89. The van der Waals surface area contributed by atoms with E-state index >= 15 is 0 Å². The largest absolute Gasteiger partial charge is 0.573 e. The zero-order valence-corrected chi connectivity index (χ0v) is 17.9. The smallest absolute Gasteiger partial charge is 0.406 e. The van der Waals surface area contributed by atoms with Crippen molar-refractivity contribution < 1.29 is 26.3 Å². The van der Waals surface area contributed by atoms with Gasteiger partial charge in [0.15, 0.2) is 0 Å². The van der Waals surface area contributed by atoms with E-state index in [9.17, 15) is 21.6 Å². The number of rotatable bonds is 5. The zero-order chi connectivity index (χ0) is 23.1. The van der Waals surface area contributed by atoms with Crippen molar-refractivity contribution in [1.82, 2.24) is 14.5 Å². The number of hydrogen-bond donors (Lipinski definition) is 0. The molecule has 0 spiro atoms. The van der Waals surface area contributed by atoms with Crippen LogP contribution in [-0.2, 0) is 16.3 Å². The first-order chi connectivity index (χ1) is 15.1. The first-order valence-corrected chi connectivity index (χ1v) is 11.1. The Morgan fingerprint density at radius 2 is 1.78 bits per heavy atom. The Morgan fingerprint density at radius 3 is 2.38 bits per heavy atom. The third kappa shape index (κ3) is 4.18. The Hall–Kier alpha value is -3.40. The molecule has 0 saturated heterocycles. The molecule has 10 heteroatoms. The predicted molar refractivity (Wildman–Crippen MR) is 112 cm³/mol. The molecule has 0 N–H and O–H groups in total. The van der Waals surface area contributed by atoms with Crippen LogP contribution in [0.2, 0.25) is 0 Å². The Bertz CT molecular complexity index is 1400. The zero-order valence-electron chi connectivity index (χ0n) is 17.1. The second kappa shape index (κ2) is 7.94. The van der Waals surface area contributed by atoms with Gasteiger partial charge in [-0.2, -0.15) is 0 Å². The molecule has 2 heterocycles. The van der Waals surface area contributed by atoms with E-state index in [1.807, 2.05) is 6.92 Å². The molecular weight excluding hydrogens is 443 g/mol. The van der Waals surface area contributed by atoms with Gasteiger partial charge in [-0.15, -0.1) is 13.2 Å². The van der Waals surface area contributed by atoms with Crippen molar-refractivity contribution in [3.63, 3.8) is 0 Å². The summed E-state index contributed by atoms with van der Waals surface area (Å²) in [5.74, 6) is -0.480.